The van der Waals surface area contributed by atoms with E-state index in [9.17, 15) is 14.4 Å². The first-order valence-electron chi connectivity index (χ1n) is 13.7. The largest absolute Gasteiger partial charge is 0.468 e. The molecule has 4 nitrogen and oxygen atoms in total. The van der Waals surface area contributed by atoms with Gasteiger partial charge in [0.25, 0.3) is 0 Å². The van der Waals surface area contributed by atoms with Gasteiger partial charge in [-0.05, 0) is 96.7 Å². The summed E-state index contributed by atoms with van der Waals surface area (Å²) in [5.41, 5.74) is 0.877. The Bertz CT molecular complexity index is 1080. The van der Waals surface area contributed by atoms with Crippen LogP contribution in [0.5, 0.6) is 0 Å². The summed E-state index contributed by atoms with van der Waals surface area (Å²) in [6, 6.07) is 0. The van der Waals surface area contributed by atoms with Gasteiger partial charge < -0.3 is 4.74 Å². The summed E-state index contributed by atoms with van der Waals surface area (Å²) in [7, 11) is 1.47. The minimum Gasteiger partial charge on any atom is -0.468 e. The molecule has 5 aliphatic rings. The van der Waals surface area contributed by atoms with E-state index in [-0.39, 0.29) is 50.7 Å². The van der Waals surface area contributed by atoms with Crippen molar-refractivity contribution in [2.45, 2.75) is 99.8 Å². The van der Waals surface area contributed by atoms with Crippen LogP contribution in [0.2, 0.25) is 0 Å². The lowest BCUT2D eigenvalue weighted by molar-refractivity contribution is -0.182. The number of carbonyl (C=O) groups is 3. The maximum absolute atomic E-state index is 14.2. The first-order chi connectivity index (χ1) is 16.1. The monoisotopic (exact) mass is 480 g/mol. The Hall–Kier alpha value is -1.71. The van der Waals surface area contributed by atoms with Gasteiger partial charge in [-0.25, -0.2) is 0 Å². The molecule has 5 aliphatic carbocycles. The van der Waals surface area contributed by atoms with E-state index in [0.717, 1.165) is 44.9 Å². The highest BCUT2D eigenvalue weighted by Crippen LogP contribution is 2.74. The summed E-state index contributed by atoms with van der Waals surface area (Å²) in [5, 5.41) is 0. The molecule has 3 saturated carbocycles. The molecule has 0 spiro atoms. The second-order valence-corrected chi connectivity index (χ2v) is 14.4. The smallest absolute Gasteiger partial charge is 0.315 e. The third-order valence-electron chi connectivity index (χ3n) is 12.4. The Morgan fingerprint density at radius 3 is 2.20 bits per heavy atom. The molecule has 0 heterocycles. The van der Waals surface area contributed by atoms with Crippen LogP contribution in [0.1, 0.15) is 99.8 Å². The second-order valence-electron chi connectivity index (χ2n) is 14.4. The number of carbonyl (C=O) groups excluding carboxylic acids is 3. The molecule has 0 aromatic carbocycles. The van der Waals surface area contributed by atoms with E-state index in [0.29, 0.717) is 12.2 Å². The highest BCUT2D eigenvalue weighted by Gasteiger charge is 2.69. The van der Waals surface area contributed by atoms with Gasteiger partial charge in [-0.3, -0.25) is 14.4 Å². The van der Waals surface area contributed by atoms with Gasteiger partial charge in [-0.15, -0.1) is 0 Å². The van der Waals surface area contributed by atoms with Crippen LogP contribution < -0.4 is 0 Å². The lowest BCUT2D eigenvalue weighted by Crippen LogP contribution is -2.65. The fourth-order valence-electron chi connectivity index (χ4n) is 9.79. The third kappa shape index (κ3) is 2.95. The van der Waals surface area contributed by atoms with Crippen LogP contribution in [-0.2, 0) is 19.1 Å². The van der Waals surface area contributed by atoms with Crippen LogP contribution in [0.4, 0.5) is 0 Å². The van der Waals surface area contributed by atoms with E-state index in [1.807, 2.05) is 13.0 Å². The summed E-state index contributed by atoms with van der Waals surface area (Å²) in [5.74, 6) is 0.580. The molecule has 0 unspecified atom stereocenters. The van der Waals surface area contributed by atoms with Gasteiger partial charge in [-0.2, -0.15) is 0 Å². The van der Waals surface area contributed by atoms with Crippen molar-refractivity contribution in [2.75, 3.05) is 7.11 Å². The van der Waals surface area contributed by atoms with Crippen molar-refractivity contribution in [1.29, 1.82) is 0 Å². The topological polar surface area (TPSA) is 60.4 Å². The van der Waals surface area contributed by atoms with E-state index in [1.165, 1.54) is 18.3 Å². The quantitative estimate of drug-likeness (QED) is 0.395. The van der Waals surface area contributed by atoms with Crippen molar-refractivity contribution in [3.05, 3.63) is 23.3 Å². The third-order valence-corrected chi connectivity index (χ3v) is 12.4. The zero-order valence-electron chi connectivity index (χ0n) is 23.1. The molecular formula is C31H44O4. The molecule has 0 saturated heterocycles. The predicted molar refractivity (Wildman–Crippen MR) is 136 cm³/mol. The molecule has 4 heteroatoms. The molecule has 0 N–H and O–H groups in total. The Kier molecular flexibility index (Phi) is 5.13. The number of methoxy groups -OCH3 is 1. The number of hydrogen-bond donors (Lipinski definition) is 0. The van der Waals surface area contributed by atoms with Crippen LogP contribution >= 0.6 is 0 Å². The maximum Gasteiger partial charge on any atom is 0.315 e. The molecule has 192 valence electrons. The SMILES string of the molecule is COC(=O)[C@]1(C)C=C2C3=CC(=O)[C@H]4[C@@]5(C)CCC(=O)C(C)(C)[C@@H]5CC[C@@]4(C)[C@]3(C)CC[C@@]2(C)CC1. The van der Waals surface area contributed by atoms with Gasteiger partial charge >= 0.3 is 5.97 Å². The lowest BCUT2D eigenvalue weighted by atomic mass is 9.34. The van der Waals surface area contributed by atoms with Crippen LogP contribution in [-0.4, -0.2) is 24.6 Å². The van der Waals surface area contributed by atoms with Crippen LogP contribution in [0.3, 0.4) is 0 Å². The van der Waals surface area contributed by atoms with E-state index < -0.39 is 5.41 Å². The molecule has 35 heavy (non-hydrogen) atoms. The maximum atomic E-state index is 14.2. The van der Waals surface area contributed by atoms with E-state index in [4.69, 9.17) is 4.74 Å². The summed E-state index contributed by atoms with van der Waals surface area (Å²) in [6.45, 7) is 15.6. The van der Waals surface area contributed by atoms with Crippen molar-refractivity contribution < 1.29 is 19.1 Å². The average Bonchev–Trinajstić information content (AvgIpc) is 2.78. The summed E-state index contributed by atoms with van der Waals surface area (Å²) >= 11 is 0. The molecule has 7 atom stereocenters. The van der Waals surface area contributed by atoms with E-state index in [1.54, 1.807) is 0 Å². The Morgan fingerprint density at radius 1 is 0.886 bits per heavy atom. The zero-order chi connectivity index (χ0) is 25.8. The van der Waals surface area contributed by atoms with Gasteiger partial charge in [-0.1, -0.05) is 47.6 Å². The van der Waals surface area contributed by atoms with Crippen molar-refractivity contribution in [2.24, 2.45) is 44.3 Å². The number of rotatable bonds is 1. The number of hydrogen-bond acceptors (Lipinski definition) is 4. The zero-order valence-corrected chi connectivity index (χ0v) is 23.1. The average molecular weight is 481 g/mol. The molecule has 0 aliphatic heterocycles. The number of allylic oxidation sites excluding steroid dienone is 3. The van der Waals surface area contributed by atoms with Crippen LogP contribution in [0.15, 0.2) is 23.3 Å². The highest BCUT2D eigenvalue weighted by atomic mass is 16.5. The van der Waals surface area contributed by atoms with Gasteiger partial charge in [0.05, 0.1) is 12.5 Å². The molecule has 0 amide bonds. The molecule has 0 radical (unpaired) electrons. The fourth-order valence-corrected chi connectivity index (χ4v) is 9.79. The highest BCUT2D eigenvalue weighted by molar-refractivity contribution is 5.97. The molecule has 5 rings (SSSR count). The minimum atomic E-state index is -0.652. The Balaban J connectivity index is 1.67. The predicted octanol–water partition coefficient (Wildman–Crippen LogP) is 6.63. The minimum absolute atomic E-state index is 0.0112. The number of fused-ring (bicyclic) bond motifs is 7. The molecule has 0 aromatic heterocycles. The normalized spacial score (nSPS) is 48.5. The van der Waals surface area contributed by atoms with Crippen molar-refractivity contribution >= 4 is 17.5 Å². The van der Waals surface area contributed by atoms with E-state index in [2.05, 4.69) is 47.6 Å². The number of Topliss-reactive ketones (excluding diaryl/α,β-unsaturated/α-hetero) is 1. The molecular weight excluding hydrogens is 436 g/mol. The summed E-state index contributed by atoms with van der Waals surface area (Å²) in [4.78, 5) is 39.9. The van der Waals surface area contributed by atoms with Crippen LogP contribution in [0, 0.1) is 44.3 Å². The molecule has 0 bridgehead atoms. The Labute approximate surface area is 211 Å². The number of ketones is 2. The Morgan fingerprint density at radius 2 is 1.54 bits per heavy atom. The van der Waals surface area contributed by atoms with Gasteiger partial charge in [0.1, 0.15) is 5.78 Å². The molecule has 3 fully saturated rings. The van der Waals surface area contributed by atoms with E-state index >= 15 is 0 Å². The fraction of sp³-hybridized carbons (Fsp3) is 0.774. The summed E-state index contributed by atoms with van der Waals surface area (Å²) in [6.07, 6.45) is 11.3. The van der Waals surface area contributed by atoms with Crippen LogP contribution in [0.25, 0.3) is 0 Å². The van der Waals surface area contributed by atoms with Crippen molar-refractivity contribution in [1.82, 2.24) is 0 Å². The van der Waals surface area contributed by atoms with Gasteiger partial charge in [0, 0.05) is 17.8 Å². The molecule has 0 aromatic rings. The van der Waals surface area contributed by atoms with Crippen molar-refractivity contribution in [3.8, 4) is 0 Å². The summed E-state index contributed by atoms with van der Waals surface area (Å²) < 4.78 is 5.20. The standard InChI is InChI=1S/C31H44O4/c1-26(2)22-9-12-31(7)24(29(22,5)11-10-23(26)33)21(32)17-19-20-18-28(4,25(34)35-8)14-13-27(20,3)15-16-30(19,31)6/h17-18,22,24H,9-16H2,1-8H3/t22-,24-,27+,28-,29-,30+,31+/m0/s1. The van der Waals surface area contributed by atoms with Gasteiger partial charge in [0.2, 0.25) is 0 Å². The first-order valence-corrected chi connectivity index (χ1v) is 13.7. The van der Waals surface area contributed by atoms with Crippen molar-refractivity contribution in [3.63, 3.8) is 0 Å². The second kappa shape index (κ2) is 7.19. The first kappa shape index (κ1) is 25.0. The van der Waals surface area contributed by atoms with Gasteiger partial charge in [0.15, 0.2) is 5.78 Å². The number of esters is 1. The number of ether oxygens (including phenoxy) is 1. The lowest BCUT2D eigenvalue weighted by Gasteiger charge is -2.68.